The van der Waals surface area contributed by atoms with Crippen molar-refractivity contribution in [3.05, 3.63) is 71.0 Å². The Morgan fingerprint density at radius 1 is 1.03 bits per heavy atom. The van der Waals surface area contributed by atoms with Crippen molar-refractivity contribution in [2.75, 3.05) is 23.7 Å². The third kappa shape index (κ3) is 3.32. The van der Waals surface area contributed by atoms with Crippen molar-refractivity contribution in [1.82, 2.24) is 19.9 Å². The van der Waals surface area contributed by atoms with Gasteiger partial charge in [0.2, 0.25) is 0 Å². The molecule has 7 nitrogen and oxygen atoms in total. The van der Waals surface area contributed by atoms with E-state index < -0.39 is 0 Å². The SMILES string of the molecule is Nc1nccc(Sc2ccc3nc(N4CCC5(CC4)c4ccccc4[C@@H]5N)cnc3n2)c1Cl. The van der Waals surface area contributed by atoms with Gasteiger partial charge in [0.15, 0.2) is 5.65 Å². The van der Waals surface area contributed by atoms with E-state index in [1.807, 2.05) is 24.4 Å². The van der Waals surface area contributed by atoms with Crippen molar-refractivity contribution in [3.63, 3.8) is 0 Å². The molecule has 9 heteroatoms. The van der Waals surface area contributed by atoms with Gasteiger partial charge in [0.05, 0.1) is 11.2 Å². The first-order valence-corrected chi connectivity index (χ1v) is 12.1. The molecule has 0 radical (unpaired) electrons. The smallest absolute Gasteiger partial charge is 0.179 e. The first kappa shape index (κ1) is 20.7. The van der Waals surface area contributed by atoms with E-state index in [0.717, 1.165) is 47.2 Å². The van der Waals surface area contributed by atoms with E-state index in [2.05, 4.69) is 44.1 Å². The summed E-state index contributed by atoms with van der Waals surface area (Å²) in [6.07, 6.45) is 5.49. The fourth-order valence-corrected chi connectivity index (χ4v) is 6.09. The standard InChI is InChI=1S/C24H22ClN7S/c25-20-17(7-10-28-22(20)27)33-19-6-5-16-23(31-19)29-13-18(30-16)32-11-8-24(9-12-32)15-4-2-1-3-14(15)21(24)26/h1-7,10,13,21H,8-9,11-12,26H2,(H2,27,28)/t21-/m0/s1. The second-order valence-electron chi connectivity index (χ2n) is 8.54. The number of halogens is 1. The predicted octanol–water partition coefficient (Wildman–Crippen LogP) is 4.36. The van der Waals surface area contributed by atoms with Crippen LogP contribution in [0, 0.1) is 0 Å². The molecular formula is C24H22ClN7S. The molecule has 4 aromatic rings. The van der Waals surface area contributed by atoms with Gasteiger partial charge in [-0.3, -0.25) is 0 Å². The Hall–Kier alpha value is -2.94. The highest BCUT2D eigenvalue weighted by Gasteiger charge is 2.50. The zero-order valence-electron chi connectivity index (χ0n) is 17.8. The van der Waals surface area contributed by atoms with Crippen molar-refractivity contribution in [3.8, 4) is 0 Å². The molecule has 6 rings (SSSR count). The van der Waals surface area contributed by atoms with E-state index in [4.69, 9.17) is 28.1 Å². The van der Waals surface area contributed by atoms with Gasteiger partial charge in [0, 0.05) is 35.6 Å². The first-order valence-electron chi connectivity index (χ1n) is 10.9. The molecule has 0 saturated carbocycles. The van der Waals surface area contributed by atoms with Crippen LogP contribution in [-0.2, 0) is 5.41 Å². The van der Waals surface area contributed by atoms with E-state index in [9.17, 15) is 0 Å². The molecule has 1 fully saturated rings. The first-order chi connectivity index (χ1) is 16.0. The summed E-state index contributed by atoms with van der Waals surface area (Å²) in [6, 6.07) is 14.4. The number of pyridine rings is 2. The predicted molar refractivity (Wildman–Crippen MR) is 132 cm³/mol. The highest BCUT2D eigenvalue weighted by Crippen LogP contribution is 2.54. The number of nitrogen functional groups attached to an aromatic ring is 1. The Kier molecular flexibility index (Phi) is 4.90. The Bertz CT molecular complexity index is 1370. The van der Waals surface area contributed by atoms with Crippen molar-refractivity contribution in [2.45, 2.75) is 34.2 Å². The number of nitrogens with zero attached hydrogens (tertiary/aromatic N) is 5. The number of anilines is 2. The van der Waals surface area contributed by atoms with E-state index >= 15 is 0 Å². The van der Waals surface area contributed by atoms with Crippen molar-refractivity contribution >= 4 is 46.2 Å². The van der Waals surface area contributed by atoms with Crippen LogP contribution in [0.1, 0.15) is 30.0 Å². The maximum atomic E-state index is 6.57. The molecule has 1 aromatic carbocycles. The molecule has 0 unspecified atom stereocenters. The normalized spacial score (nSPS) is 18.8. The van der Waals surface area contributed by atoms with Crippen LogP contribution < -0.4 is 16.4 Å². The summed E-state index contributed by atoms with van der Waals surface area (Å²) in [5, 5.41) is 1.21. The number of aromatic nitrogens is 4. The molecule has 1 saturated heterocycles. The van der Waals surface area contributed by atoms with Gasteiger partial charge in [-0.2, -0.15) is 0 Å². The molecule has 1 spiro atoms. The molecule has 1 aliphatic carbocycles. The summed E-state index contributed by atoms with van der Waals surface area (Å²) in [4.78, 5) is 21.2. The Balaban J connectivity index is 1.20. The van der Waals surface area contributed by atoms with Gasteiger partial charge >= 0.3 is 0 Å². The summed E-state index contributed by atoms with van der Waals surface area (Å²) in [6.45, 7) is 1.82. The van der Waals surface area contributed by atoms with E-state index in [-0.39, 0.29) is 11.5 Å². The minimum absolute atomic E-state index is 0.0999. The second-order valence-corrected chi connectivity index (χ2v) is 9.98. The Labute approximate surface area is 200 Å². The van der Waals surface area contributed by atoms with E-state index in [0.29, 0.717) is 16.5 Å². The molecule has 4 N–H and O–H groups in total. The largest absolute Gasteiger partial charge is 0.382 e. The molecule has 0 bridgehead atoms. The van der Waals surface area contributed by atoms with Gasteiger partial charge in [0.1, 0.15) is 22.2 Å². The zero-order chi connectivity index (χ0) is 22.6. The van der Waals surface area contributed by atoms with Gasteiger partial charge in [0.25, 0.3) is 0 Å². The second kappa shape index (κ2) is 7.83. The van der Waals surface area contributed by atoms with Crippen LogP contribution in [0.3, 0.4) is 0 Å². The van der Waals surface area contributed by atoms with Crippen LogP contribution in [0.15, 0.2) is 64.8 Å². The Morgan fingerprint density at radius 3 is 2.70 bits per heavy atom. The lowest BCUT2D eigenvalue weighted by Crippen LogP contribution is -2.54. The number of benzene rings is 1. The number of hydrogen-bond acceptors (Lipinski definition) is 8. The maximum Gasteiger partial charge on any atom is 0.179 e. The van der Waals surface area contributed by atoms with E-state index in [1.54, 1.807) is 6.20 Å². The van der Waals surface area contributed by atoms with Crippen molar-refractivity contribution < 1.29 is 0 Å². The van der Waals surface area contributed by atoms with Crippen LogP contribution in [-0.4, -0.2) is 33.0 Å². The van der Waals surface area contributed by atoms with Crippen LogP contribution >= 0.6 is 23.4 Å². The van der Waals surface area contributed by atoms with Gasteiger partial charge in [-0.15, -0.1) is 0 Å². The highest BCUT2D eigenvalue weighted by molar-refractivity contribution is 7.99. The number of fused-ring (bicyclic) bond motifs is 3. The van der Waals surface area contributed by atoms with Crippen molar-refractivity contribution in [1.29, 1.82) is 0 Å². The van der Waals surface area contributed by atoms with Crippen LogP contribution in [0.25, 0.3) is 11.2 Å². The number of piperidine rings is 1. The fraction of sp³-hybridized carbons (Fsp3) is 0.250. The quantitative estimate of drug-likeness (QED) is 0.450. The average Bonchev–Trinajstić information content (AvgIpc) is 2.86. The number of rotatable bonds is 3. The lowest BCUT2D eigenvalue weighted by atomic mass is 9.56. The van der Waals surface area contributed by atoms with Gasteiger partial charge < -0.3 is 16.4 Å². The molecule has 0 amide bonds. The highest BCUT2D eigenvalue weighted by atomic mass is 35.5. The Morgan fingerprint density at radius 2 is 1.85 bits per heavy atom. The fourth-order valence-electron chi connectivity index (χ4n) is 5.04. The molecule has 33 heavy (non-hydrogen) atoms. The topological polar surface area (TPSA) is 107 Å². The summed E-state index contributed by atoms with van der Waals surface area (Å²) in [7, 11) is 0. The third-order valence-corrected chi connectivity index (χ3v) is 8.37. The van der Waals surface area contributed by atoms with Crippen LogP contribution in [0.2, 0.25) is 5.02 Å². The minimum atomic E-state index is 0.0999. The molecule has 1 atom stereocenters. The lowest BCUT2D eigenvalue weighted by molar-refractivity contribution is 0.230. The third-order valence-electron chi connectivity index (χ3n) is 6.87. The van der Waals surface area contributed by atoms with Gasteiger partial charge in [-0.05, 0) is 42.2 Å². The summed E-state index contributed by atoms with van der Waals surface area (Å²) < 4.78 is 0. The molecular weight excluding hydrogens is 454 g/mol. The number of nitrogens with two attached hydrogens (primary N) is 2. The average molecular weight is 476 g/mol. The lowest BCUT2D eigenvalue weighted by Gasteiger charge is -2.54. The molecule has 4 heterocycles. The summed E-state index contributed by atoms with van der Waals surface area (Å²) >= 11 is 7.69. The molecule has 1 aliphatic heterocycles. The summed E-state index contributed by atoms with van der Waals surface area (Å²) in [5.74, 6) is 1.19. The van der Waals surface area contributed by atoms with Gasteiger partial charge in [-0.1, -0.05) is 47.6 Å². The molecule has 2 aliphatic rings. The zero-order valence-corrected chi connectivity index (χ0v) is 19.4. The van der Waals surface area contributed by atoms with Gasteiger partial charge in [-0.25, -0.2) is 19.9 Å². The van der Waals surface area contributed by atoms with E-state index in [1.165, 1.54) is 22.9 Å². The van der Waals surface area contributed by atoms with Crippen molar-refractivity contribution in [2.24, 2.45) is 5.73 Å². The van der Waals surface area contributed by atoms with Crippen LogP contribution in [0.5, 0.6) is 0 Å². The molecule has 166 valence electrons. The molecule has 3 aromatic heterocycles. The number of hydrogen-bond donors (Lipinski definition) is 2. The monoisotopic (exact) mass is 475 g/mol. The minimum Gasteiger partial charge on any atom is -0.382 e. The van der Waals surface area contributed by atoms with Crippen LogP contribution in [0.4, 0.5) is 11.6 Å². The summed E-state index contributed by atoms with van der Waals surface area (Å²) in [5.41, 5.74) is 16.6. The maximum absolute atomic E-state index is 6.57.